The molecule has 6 nitrogen and oxygen atoms in total. The maximum Gasteiger partial charge on any atom is 0.417 e. The molecule has 2 N–H and O–H groups in total. The van der Waals surface area contributed by atoms with Gasteiger partial charge in [-0.1, -0.05) is 37.6 Å². The normalized spacial score (nSPS) is 22.5. The van der Waals surface area contributed by atoms with Crippen molar-refractivity contribution >= 4 is 28.8 Å². The van der Waals surface area contributed by atoms with Gasteiger partial charge in [-0.3, -0.25) is 10.2 Å². The first-order valence-electron chi connectivity index (χ1n) is 11.8. The lowest BCUT2D eigenvalue weighted by Gasteiger charge is -2.46. The van der Waals surface area contributed by atoms with E-state index in [1.165, 1.54) is 11.1 Å². The Morgan fingerprint density at radius 3 is 2.51 bits per heavy atom. The van der Waals surface area contributed by atoms with Crippen LogP contribution in [0.25, 0.3) is 5.57 Å². The number of piperidine rings is 1. The van der Waals surface area contributed by atoms with Crippen LogP contribution >= 0.6 is 11.6 Å². The molecule has 0 spiro atoms. The molecule has 1 fully saturated rings. The summed E-state index contributed by atoms with van der Waals surface area (Å²) in [6, 6.07) is 7.95. The smallest absolute Gasteiger partial charge is 0.417 e. The number of amides is 1. The van der Waals surface area contributed by atoms with E-state index in [2.05, 4.69) is 10.3 Å². The summed E-state index contributed by atoms with van der Waals surface area (Å²) in [6.07, 6.45) is -2.00. The van der Waals surface area contributed by atoms with Gasteiger partial charge in [0, 0.05) is 36.1 Å². The number of alkyl halides is 4. The summed E-state index contributed by atoms with van der Waals surface area (Å²) >= 11 is 5.98. The number of rotatable bonds is 8. The van der Waals surface area contributed by atoms with Gasteiger partial charge in [0.1, 0.15) is 18.0 Å². The number of carbonyl (C=O) groups excluding carboxylic acids is 1. The molecule has 3 atom stereocenters. The Hall–Kier alpha value is -3.14. The molecular formula is C26H29ClF4N4O2. The Labute approximate surface area is 218 Å². The van der Waals surface area contributed by atoms with Gasteiger partial charge in [-0.2, -0.15) is 13.2 Å². The summed E-state index contributed by atoms with van der Waals surface area (Å²) in [5, 5.41) is 12.0. The summed E-state index contributed by atoms with van der Waals surface area (Å²) in [5.41, 5.74) is -2.03. The highest BCUT2D eigenvalue weighted by Gasteiger charge is 2.46. The second kappa shape index (κ2) is 11.5. The fourth-order valence-corrected chi connectivity index (χ4v) is 4.50. The van der Waals surface area contributed by atoms with Gasteiger partial charge < -0.3 is 15.0 Å². The van der Waals surface area contributed by atoms with Crippen molar-refractivity contribution in [1.29, 1.82) is 5.41 Å². The van der Waals surface area contributed by atoms with Gasteiger partial charge in [-0.25, -0.2) is 9.37 Å². The zero-order chi connectivity index (χ0) is 27.4. The van der Waals surface area contributed by atoms with Crippen LogP contribution in [0.3, 0.4) is 0 Å². The maximum absolute atomic E-state index is 15.6. The van der Waals surface area contributed by atoms with Crippen molar-refractivity contribution in [2.24, 2.45) is 5.92 Å². The number of hydrogen-bond donors (Lipinski definition) is 2. The topological polar surface area (TPSA) is 78.3 Å². The van der Waals surface area contributed by atoms with Gasteiger partial charge in [-0.15, -0.1) is 0 Å². The average Bonchev–Trinajstić information content (AvgIpc) is 2.86. The molecule has 1 aliphatic rings. The van der Waals surface area contributed by atoms with Crippen LogP contribution in [0.5, 0.6) is 5.88 Å². The number of hydrogen-bond acceptors (Lipinski definition) is 5. The third kappa shape index (κ3) is 6.80. The van der Waals surface area contributed by atoms with Gasteiger partial charge in [0.15, 0.2) is 0 Å². The Kier molecular flexibility index (Phi) is 8.84. The third-order valence-electron chi connectivity index (χ3n) is 6.49. The van der Waals surface area contributed by atoms with E-state index < -0.39 is 29.4 Å². The van der Waals surface area contributed by atoms with Crippen molar-refractivity contribution < 1.29 is 27.1 Å². The van der Waals surface area contributed by atoms with E-state index in [0.29, 0.717) is 22.4 Å². The second-order valence-electron chi connectivity index (χ2n) is 9.11. The van der Waals surface area contributed by atoms with Crippen molar-refractivity contribution in [3.05, 3.63) is 64.9 Å². The lowest BCUT2D eigenvalue weighted by molar-refractivity contribution is -0.138. The second-order valence-corrected chi connectivity index (χ2v) is 9.55. The first-order valence-corrected chi connectivity index (χ1v) is 12.1. The number of benzene rings is 1. The molecule has 3 rings (SSSR count). The van der Waals surface area contributed by atoms with E-state index >= 15 is 4.39 Å². The Morgan fingerprint density at radius 1 is 1.30 bits per heavy atom. The monoisotopic (exact) mass is 540 g/mol. The number of halogens is 5. The van der Waals surface area contributed by atoms with Crippen LogP contribution < -0.4 is 10.1 Å². The molecule has 0 radical (unpaired) electrons. The largest absolute Gasteiger partial charge is 0.475 e. The third-order valence-corrected chi connectivity index (χ3v) is 6.74. The van der Waals surface area contributed by atoms with Crippen LogP contribution in [0, 0.1) is 11.3 Å². The van der Waals surface area contributed by atoms with Gasteiger partial charge in [0.25, 0.3) is 5.91 Å². The highest BCUT2D eigenvalue weighted by molar-refractivity contribution is 6.54. The molecule has 0 saturated carbocycles. The molecule has 1 aliphatic heterocycles. The van der Waals surface area contributed by atoms with E-state index in [-0.39, 0.29) is 43.5 Å². The van der Waals surface area contributed by atoms with Crippen LogP contribution in [0.2, 0.25) is 5.02 Å². The standard InChI is InChI=1S/C26H29ClF4N4O2/c1-4-25(28)11-16(2)21(14-37-22-10-7-18(12-34-22)26(29,30)31)35(15-25)24(36)23(32)20(13-33-3)17-5-8-19(27)9-6-17/h5-10,12-13,16,21,32-33H,4,11,14-15H2,1-3H3/b20-13-,32-23?. The van der Waals surface area contributed by atoms with Crippen LogP contribution in [-0.4, -0.2) is 53.4 Å². The Balaban J connectivity index is 1.86. The van der Waals surface area contributed by atoms with Gasteiger partial charge >= 0.3 is 6.18 Å². The van der Waals surface area contributed by atoms with Crippen molar-refractivity contribution in [3.63, 3.8) is 0 Å². The minimum Gasteiger partial charge on any atom is -0.475 e. The van der Waals surface area contributed by atoms with Crippen molar-refractivity contribution in [1.82, 2.24) is 15.2 Å². The Bertz CT molecular complexity index is 1140. The number of ether oxygens (including phenoxy) is 1. The number of pyridine rings is 1. The van der Waals surface area contributed by atoms with E-state index in [1.807, 2.05) is 0 Å². The molecule has 1 amide bonds. The molecule has 2 aromatic rings. The molecule has 200 valence electrons. The molecule has 3 unspecified atom stereocenters. The molecule has 2 heterocycles. The van der Waals surface area contributed by atoms with Gasteiger partial charge in [-0.05, 0) is 42.5 Å². The fourth-order valence-electron chi connectivity index (χ4n) is 4.38. The molecule has 1 aromatic carbocycles. The van der Waals surface area contributed by atoms with E-state index in [9.17, 15) is 18.0 Å². The first-order chi connectivity index (χ1) is 17.4. The van der Waals surface area contributed by atoms with E-state index in [1.54, 1.807) is 45.2 Å². The zero-order valence-electron chi connectivity index (χ0n) is 20.7. The maximum atomic E-state index is 15.6. The summed E-state index contributed by atoms with van der Waals surface area (Å²) in [6.45, 7) is 3.12. The summed E-state index contributed by atoms with van der Waals surface area (Å²) in [7, 11) is 1.63. The fraction of sp³-hybridized carbons (Fsp3) is 0.423. The summed E-state index contributed by atoms with van der Waals surface area (Å²) < 4.78 is 59.7. The predicted octanol–water partition coefficient (Wildman–Crippen LogP) is 5.77. The van der Waals surface area contributed by atoms with E-state index in [4.69, 9.17) is 21.7 Å². The number of nitrogens with zero attached hydrogens (tertiary/aromatic N) is 2. The number of carbonyl (C=O) groups is 1. The number of likely N-dealkylation sites (tertiary alicyclic amines) is 1. The molecule has 1 saturated heterocycles. The summed E-state index contributed by atoms with van der Waals surface area (Å²) in [4.78, 5) is 18.6. The highest BCUT2D eigenvalue weighted by Crippen LogP contribution is 2.36. The average molecular weight is 541 g/mol. The van der Waals surface area contributed by atoms with E-state index in [0.717, 1.165) is 12.1 Å². The summed E-state index contributed by atoms with van der Waals surface area (Å²) in [5.74, 6) is -1.09. The Morgan fingerprint density at radius 2 is 1.97 bits per heavy atom. The number of aromatic nitrogens is 1. The SMILES string of the molecule is CCC1(F)CC(C)C(COc2ccc(C(F)(F)F)cn2)N(C(=O)C(=N)/C(=C\NC)c2ccc(Cl)cc2)C1. The molecule has 11 heteroatoms. The predicted molar refractivity (Wildman–Crippen MR) is 134 cm³/mol. The van der Waals surface area contributed by atoms with Crippen molar-refractivity contribution in [2.75, 3.05) is 20.2 Å². The van der Waals surface area contributed by atoms with Crippen LogP contribution in [0.1, 0.15) is 37.8 Å². The lowest BCUT2D eigenvalue weighted by atomic mass is 9.80. The minimum absolute atomic E-state index is 0.0489. The first kappa shape index (κ1) is 28.4. The number of nitrogens with one attached hydrogen (secondary N) is 2. The molecule has 37 heavy (non-hydrogen) atoms. The molecule has 0 bridgehead atoms. The van der Waals surface area contributed by atoms with Crippen LogP contribution in [0.15, 0.2) is 48.8 Å². The van der Waals surface area contributed by atoms with Crippen LogP contribution in [0.4, 0.5) is 17.6 Å². The van der Waals surface area contributed by atoms with Crippen molar-refractivity contribution in [3.8, 4) is 5.88 Å². The van der Waals surface area contributed by atoms with Crippen molar-refractivity contribution in [2.45, 2.75) is 44.6 Å². The van der Waals surface area contributed by atoms with Crippen LogP contribution in [-0.2, 0) is 11.0 Å². The molecule has 1 aromatic heterocycles. The molecule has 0 aliphatic carbocycles. The van der Waals surface area contributed by atoms with Gasteiger partial charge in [0.2, 0.25) is 5.88 Å². The lowest BCUT2D eigenvalue weighted by Crippen LogP contribution is -2.59. The highest BCUT2D eigenvalue weighted by atomic mass is 35.5. The minimum atomic E-state index is -4.53. The zero-order valence-corrected chi connectivity index (χ0v) is 21.5. The van der Waals surface area contributed by atoms with Gasteiger partial charge in [0.05, 0.1) is 18.2 Å². The molecular weight excluding hydrogens is 512 g/mol. The quantitative estimate of drug-likeness (QED) is 0.329.